The highest BCUT2D eigenvalue weighted by Gasteiger charge is 2.30. The van der Waals surface area contributed by atoms with Crippen molar-refractivity contribution in [2.45, 2.75) is 18.6 Å². The van der Waals surface area contributed by atoms with E-state index in [1.165, 1.54) is 0 Å². The van der Waals surface area contributed by atoms with Gasteiger partial charge in [-0.05, 0) is 36.8 Å². The highest BCUT2D eigenvalue weighted by Crippen LogP contribution is 2.22. The molecule has 0 unspecified atom stereocenters. The topological polar surface area (TPSA) is 103 Å². The van der Waals surface area contributed by atoms with Gasteiger partial charge in [0.15, 0.2) is 5.17 Å². The number of aliphatic carboxylic acids is 1. The van der Waals surface area contributed by atoms with Crippen molar-refractivity contribution in [3.05, 3.63) is 29.8 Å². The minimum absolute atomic E-state index is 0.282. The second kappa shape index (κ2) is 7.08. The summed E-state index contributed by atoms with van der Waals surface area (Å²) in [5, 5.41) is 20.6. The Bertz CT molecular complexity index is 640. The highest BCUT2D eigenvalue weighted by atomic mass is 32.2. The van der Waals surface area contributed by atoms with Crippen molar-refractivity contribution in [2.75, 3.05) is 7.11 Å². The lowest BCUT2D eigenvalue weighted by molar-refractivity contribution is -0.305. The van der Waals surface area contributed by atoms with Crippen molar-refractivity contribution < 1.29 is 19.4 Å². The minimum Gasteiger partial charge on any atom is -0.550 e. The lowest BCUT2D eigenvalue weighted by Gasteiger charge is -2.04. The molecular formula is C14H14N3O4S-. The number of hydrogen-bond donors (Lipinski definition) is 1. The van der Waals surface area contributed by atoms with Crippen LogP contribution in [0, 0.1) is 0 Å². The van der Waals surface area contributed by atoms with Gasteiger partial charge in [0.25, 0.3) is 0 Å². The van der Waals surface area contributed by atoms with Gasteiger partial charge in [0, 0.05) is 12.4 Å². The van der Waals surface area contributed by atoms with Crippen molar-refractivity contribution in [1.29, 1.82) is 0 Å². The maximum atomic E-state index is 11.5. The van der Waals surface area contributed by atoms with Crippen molar-refractivity contribution in [1.82, 2.24) is 5.32 Å². The zero-order chi connectivity index (χ0) is 16.1. The van der Waals surface area contributed by atoms with Crippen LogP contribution < -0.4 is 15.2 Å². The quantitative estimate of drug-likeness (QED) is 0.614. The molecular weight excluding hydrogens is 306 g/mol. The second-order valence-electron chi connectivity index (χ2n) is 4.49. The van der Waals surface area contributed by atoms with Gasteiger partial charge in [-0.25, -0.2) is 0 Å². The molecule has 22 heavy (non-hydrogen) atoms. The molecule has 0 radical (unpaired) electrons. The Hall–Kier alpha value is -2.35. The molecule has 1 saturated heterocycles. The van der Waals surface area contributed by atoms with E-state index in [9.17, 15) is 14.7 Å². The largest absolute Gasteiger partial charge is 0.550 e. The van der Waals surface area contributed by atoms with E-state index >= 15 is 0 Å². The SMILES string of the molecule is COc1ccc(/C(C)=N\N=C2\NC(=O)[C@@H](CC(=O)[O-])S2)cc1. The number of benzene rings is 1. The first-order valence-corrected chi connectivity index (χ1v) is 7.31. The Morgan fingerprint density at radius 2 is 2.09 bits per heavy atom. The van der Waals surface area contributed by atoms with E-state index in [-0.39, 0.29) is 11.6 Å². The number of amides is 1. The summed E-state index contributed by atoms with van der Waals surface area (Å²) < 4.78 is 5.07. The molecule has 0 spiro atoms. The third-order valence-corrected chi connectivity index (χ3v) is 4.00. The molecule has 0 bridgehead atoms. The fourth-order valence-corrected chi connectivity index (χ4v) is 2.65. The first kappa shape index (κ1) is 16.0. The molecule has 1 aromatic rings. The van der Waals surface area contributed by atoms with Crippen LogP contribution in [0.1, 0.15) is 18.9 Å². The number of rotatable bonds is 5. The normalized spacial score (nSPS) is 20.1. The van der Waals surface area contributed by atoms with Crippen LogP contribution in [0.15, 0.2) is 34.5 Å². The summed E-state index contributed by atoms with van der Waals surface area (Å²) in [6.07, 6.45) is -0.350. The van der Waals surface area contributed by atoms with Crippen LogP contribution in [-0.4, -0.2) is 35.1 Å². The van der Waals surface area contributed by atoms with Gasteiger partial charge in [-0.2, -0.15) is 5.10 Å². The number of carboxylic acids is 1. The minimum atomic E-state index is -1.27. The number of carboxylic acid groups (broad SMARTS) is 1. The second-order valence-corrected chi connectivity index (χ2v) is 5.68. The summed E-state index contributed by atoms with van der Waals surface area (Å²) in [4.78, 5) is 22.1. The molecule has 1 aromatic carbocycles. The summed E-state index contributed by atoms with van der Waals surface area (Å²) in [6, 6.07) is 7.31. The summed E-state index contributed by atoms with van der Waals surface area (Å²) in [5.74, 6) is -0.927. The molecule has 1 aliphatic heterocycles. The average Bonchev–Trinajstić information content (AvgIpc) is 2.84. The molecule has 1 amide bonds. The van der Waals surface area contributed by atoms with Gasteiger partial charge in [0.05, 0.1) is 18.1 Å². The Morgan fingerprint density at radius 1 is 1.41 bits per heavy atom. The Balaban J connectivity index is 2.06. The molecule has 0 saturated carbocycles. The molecule has 8 heteroatoms. The fourth-order valence-electron chi connectivity index (χ4n) is 1.75. The zero-order valence-corrected chi connectivity index (χ0v) is 12.8. The van der Waals surface area contributed by atoms with Crippen LogP contribution >= 0.6 is 11.8 Å². The molecule has 116 valence electrons. The van der Waals surface area contributed by atoms with E-state index in [1.54, 1.807) is 14.0 Å². The van der Waals surface area contributed by atoms with Crippen molar-refractivity contribution in [3.8, 4) is 5.75 Å². The summed E-state index contributed by atoms with van der Waals surface area (Å²) in [6.45, 7) is 1.78. The van der Waals surface area contributed by atoms with E-state index < -0.39 is 17.1 Å². The maximum Gasteiger partial charge on any atom is 0.239 e. The summed E-state index contributed by atoms with van der Waals surface area (Å²) >= 11 is 1.03. The molecule has 1 N–H and O–H groups in total. The van der Waals surface area contributed by atoms with E-state index in [0.717, 1.165) is 23.1 Å². The van der Waals surface area contributed by atoms with Crippen LogP contribution in [-0.2, 0) is 9.59 Å². The Kier molecular flexibility index (Phi) is 5.16. The highest BCUT2D eigenvalue weighted by molar-refractivity contribution is 8.15. The van der Waals surface area contributed by atoms with Crippen molar-refractivity contribution >= 4 is 34.5 Å². The maximum absolute atomic E-state index is 11.5. The number of carbonyl (C=O) groups is 2. The number of methoxy groups -OCH3 is 1. The molecule has 0 aliphatic carbocycles. The van der Waals surface area contributed by atoms with Crippen LogP contribution in [0.5, 0.6) is 5.75 Å². The first-order valence-electron chi connectivity index (χ1n) is 6.43. The van der Waals surface area contributed by atoms with Gasteiger partial charge in [-0.15, -0.1) is 5.10 Å². The molecule has 1 heterocycles. The number of ether oxygens (including phenoxy) is 1. The standard InChI is InChI=1S/C14H15N3O4S/c1-8(9-3-5-10(21-2)6-4-9)16-17-14-15-13(20)11(22-14)7-12(18)19/h3-6,11H,7H2,1-2H3,(H,18,19)(H,15,17,20)/p-1/b16-8-/t11-/m1/s1. The number of hydrogen-bond acceptors (Lipinski definition) is 7. The van der Waals surface area contributed by atoms with Gasteiger partial charge in [-0.3, -0.25) is 4.79 Å². The average molecular weight is 320 g/mol. The van der Waals surface area contributed by atoms with E-state index in [2.05, 4.69) is 15.5 Å². The van der Waals surface area contributed by atoms with Crippen molar-refractivity contribution in [3.63, 3.8) is 0 Å². The lowest BCUT2D eigenvalue weighted by Crippen LogP contribution is -2.31. The molecule has 0 aromatic heterocycles. The van der Waals surface area contributed by atoms with Gasteiger partial charge < -0.3 is 20.0 Å². The van der Waals surface area contributed by atoms with E-state index in [1.807, 2.05) is 24.3 Å². The van der Waals surface area contributed by atoms with E-state index in [0.29, 0.717) is 5.71 Å². The summed E-state index contributed by atoms with van der Waals surface area (Å²) in [7, 11) is 1.59. The monoisotopic (exact) mass is 320 g/mol. The molecule has 1 fully saturated rings. The van der Waals surface area contributed by atoms with Crippen LogP contribution in [0.25, 0.3) is 0 Å². The molecule has 1 aliphatic rings. The number of nitrogens with one attached hydrogen (secondary N) is 1. The van der Waals surface area contributed by atoms with Crippen molar-refractivity contribution in [2.24, 2.45) is 10.2 Å². The smallest absolute Gasteiger partial charge is 0.239 e. The van der Waals surface area contributed by atoms with Crippen LogP contribution in [0.3, 0.4) is 0 Å². The molecule has 1 atom stereocenters. The predicted octanol–water partition coefficient (Wildman–Crippen LogP) is 0.147. The first-order chi connectivity index (χ1) is 10.5. The number of amidine groups is 1. The van der Waals surface area contributed by atoms with Gasteiger partial charge in [0.1, 0.15) is 5.75 Å². The fraction of sp³-hybridized carbons (Fsp3) is 0.286. The zero-order valence-electron chi connectivity index (χ0n) is 12.0. The number of nitrogens with zero attached hydrogens (tertiary/aromatic N) is 2. The van der Waals surface area contributed by atoms with Gasteiger partial charge >= 0.3 is 0 Å². The molecule has 2 rings (SSSR count). The number of thioether (sulfide) groups is 1. The Labute approximate surface area is 131 Å². The third kappa shape index (κ3) is 4.08. The van der Waals surface area contributed by atoms with Gasteiger partial charge in [-0.1, -0.05) is 11.8 Å². The van der Waals surface area contributed by atoms with Gasteiger partial charge in [0.2, 0.25) is 5.91 Å². The Morgan fingerprint density at radius 3 is 2.68 bits per heavy atom. The van der Waals surface area contributed by atoms with E-state index in [4.69, 9.17) is 4.74 Å². The van der Waals surface area contributed by atoms with Crippen LogP contribution in [0.4, 0.5) is 0 Å². The predicted molar refractivity (Wildman–Crippen MR) is 81.8 cm³/mol. The number of carbonyl (C=O) groups excluding carboxylic acids is 2. The summed E-state index contributed by atoms with van der Waals surface area (Å²) in [5.41, 5.74) is 1.53. The lowest BCUT2D eigenvalue weighted by atomic mass is 10.1. The third-order valence-electron chi connectivity index (χ3n) is 2.93. The van der Waals surface area contributed by atoms with Crippen LogP contribution in [0.2, 0.25) is 0 Å². The molecule has 7 nitrogen and oxygen atoms in total.